The van der Waals surface area contributed by atoms with Crippen LogP contribution < -0.4 is 4.74 Å². The van der Waals surface area contributed by atoms with E-state index in [9.17, 15) is 4.39 Å². The number of ether oxygens (including phenoxy) is 1. The summed E-state index contributed by atoms with van der Waals surface area (Å²) in [6, 6.07) is 24.3. The van der Waals surface area contributed by atoms with E-state index in [1.54, 1.807) is 12.1 Å². The highest BCUT2D eigenvalue weighted by Crippen LogP contribution is 2.35. The average molecular weight is 397 g/mol. The number of hydrogen-bond acceptors (Lipinski definition) is 2. The summed E-state index contributed by atoms with van der Waals surface area (Å²) >= 11 is 6.13. The lowest BCUT2D eigenvalue weighted by Gasteiger charge is -2.17. The van der Waals surface area contributed by atoms with Crippen molar-refractivity contribution in [1.29, 1.82) is 0 Å². The van der Waals surface area contributed by atoms with Gasteiger partial charge in [0.2, 0.25) is 0 Å². The molecule has 3 rings (SSSR count). The van der Waals surface area contributed by atoms with E-state index in [1.807, 2.05) is 42.5 Å². The summed E-state index contributed by atoms with van der Waals surface area (Å²) in [4.78, 5) is 0. The molecule has 0 amide bonds. The van der Waals surface area contributed by atoms with E-state index in [1.165, 1.54) is 12.1 Å². The number of benzene rings is 3. The number of halogens is 2. The van der Waals surface area contributed by atoms with Crippen molar-refractivity contribution >= 4 is 22.7 Å². The van der Waals surface area contributed by atoms with Crippen LogP contribution in [0.1, 0.15) is 23.1 Å². The number of rotatable bonds is 8. The smallest absolute Gasteiger partial charge is 0.123 e. The Balaban J connectivity index is 2.15. The molecule has 0 spiro atoms. The van der Waals surface area contributed by atoms with Crippen LogP contribution in [0, 0.1) is 5.82 Å². The molecule has 0 atom stereocenters. The van der Waals surface area contributed by atoms with Gasteiger partial charge in [0, 0.05) is 5.88 Å². The first-order chi connectivity index (χ1) is 13.7. The average Bonchev–Trinajstić information content (AvgIpc) is 2.74. The summed E-state index contributed by atoms with van der Waals surface area (Å²) < 4.78 is 19.0. The Morgan fingerprint density at radius 3 is 2.00 bits per heavy atom. The lowest BCUT2D eigenvalue weighted by molar-refractivity contribution is 0.201. The summed E-state index contributed by atoms with van der Waals surface area (Å²) in [6.45, 7) is 0.220. The van der Waals surface area contributed by atoms with Crippen LogP contribution in [0.2, 0.25) is 0 Å². The molecule has 0 saturated carbocycles. The van der Waals surface area contributed by atoms with Crippen molar-refractivity contribution < 1.29 is 14.2 Å². The zero-order chi connectivity index (χ0) is 19.8. The molecule has 0 aliphatic carbocycles. The van der Waals surface area contributed by atoms with Gasteiger partial charge < -0.3 is 9.84 Å². The second kappa shape index (κ2) is 10.1. The maximum Gasteiger partial charge on any atom is 0.123 e. The van der Waals surface area contributed by atoms with E-state index >= 15 is 0 Å². The van der Waals surface area contributed by atoms with Crippen LogP contribution in [0.4, 0.5) is 4.39 Å². The highest BCUT2D eigenvalue weighted by molar-refractivity contribution is 6.18. The maximum atomic E-state index is 13.5. The van der Waals surface area contributed by atoms with E-state index in [0.29, 0.717) is 18.1 Å². The quantitative estimate of drug-likeness (QED) is 0.386. The minimum atomic E-state index is -0.269. The molecule has 2 nitrogen and oxygen atoms in total. The number of hydrogen-bond donors (Lipinski definition) is 1. The molecule has 28 heavy (non-hydrogen) atoms. The zero-order valence-electron chi connectivity index (χ0n) is 15.4. The van der Waals surface area contributed by atoms with Crippen LogP contribution in [0.3, 0.4) is 0 Å². The van der Waals surface area contributed by atoms with E-state index < -0.39 is 0 Å². The van der Waals surface area contributed by atoms with E-state index in [4.69, 9.17) is 21.4 Å². The normalized spacial score (nSPS) is 11.8. The standard InChI is InChI=1S/C24H22ClFO2/c25-15-14-23(18-4-2-1-3-5-18)24(19-6-10-21(26)11-7-19)20-8-12-22(13-9-20)28-17-16-27/h1-13,27H,14-17H2/b24-23-. The molecule has 0 aliphatic heterocycles. The minimum Gasteiger partial charge on any atom is -0.491 e. The van der Waals surface area contributed by atoms with Gasteiger partial charge in [0.25, 0.3) is 0 Å². The van der Waals surface area contributed by atoms with Gasteiger partial charge in [0.15, 0.2) is 0 Å². The lowest BCUT2D eigenvalue weighted by Crippen LogP contribution is -2.02. The monoisotopic (exact) mass is 396 g/mol. The van der Waals surface area contributed by atoms with Crippen molar-refractivity contribution in [2.24, 2.45) is 0 Å². The second-order valence-corrected chi connectivity index (χ2v) is 6.64. The molecule has 4 heteroatoms. The van der Waals surface area contributed by atoms with Crippen LogP contribution in [-0.2, 0) is 0 Å². The molecule has 0 aromatic heterocycles. The molecular formula is C24H22ClFO2. The van der Waals surface area contributed by atoms with Crippen molar-refractivity contribution in [2.75, 3.05) is 19.1 Å². The number of allylic oxidation sites excluding steroid dienone is 1. The van der Waals surface area contributed by atoms with Gasteiger partial charge in [-0.15, -0.1) is 11.6 Å². The van der Waals surface area contributed by atoms with Crippen molar-refractivity contribution in [2.45, 2.75) is 6.42 Å². The molecule has 144 valence electrons. The second-order valence-electron chi connectivity index (χ2n) is 6.26. The van der Waals surface area contributed by atoms with Crippen molar-refractivity contribution in [3.8, 4) is 5.75 Å². The Kier molecular flexibility index (Phi) is 7.24. The van der Waals surface area contributed by atoms with Gasteiger partial charge in [0.1, 0.15) is 18.2 Å². The van der Waals surface area contributed by atoms with E-state index in [0.717, 1.165) is 27.8 Å². The summed E-state index contributed by atoms with van der Waals surface area (Å²) in [7, 11) is 0. The topological polar surface area (TPSA) is 29.5 Å². The molecule has 3 aromatic rings. The Morgan fingerprint density at radius 2 is 1.43 bits per heavy atom. The van der Waals surface area contributed by atoms with Crippen molar-refractivity contribution in [3.63, 3.8) is 0 Å². The Hall–Kier alpha value is -2.62. The summed E-state index contributed by atoms with van der Waals surface area (Å²) in [5.41, 5.74) is 5.12. The fraction of sp³-hybridized carbons (Fsp3) is 0.167. The fourth-order valence-electron chi connectivity index (χ4n) is 3.16. The predicted octanol–water partition coefficient (Wildman–Crippen LogP) is 5.78. The first-order valence-electron chi connectivity index (χ1n) is 9.17. The molecular weight excluding hydrogens is 375 g/mol. The number of alkyl halides is 1. The van der Waals surface area contributed by atoms with Crippen LogP contribution in [-0.4, -0.2) is 24.2 Å². The highest BCUT2D eigenvalue weighted by Gasteiger charge is 2.14. The summed E-state index contributed by atoms with van der Waals surface area (Å²) in [5, 5.41) is 8.92. The van der Waals surface area contributed by atoms with Crippen molar-refractivity contribution in [3.05, 3.63) is 101 Å². The minimum absolute atomic E-state index is 0.0314. The molecule has 0 radical (unpaired) electrons. The molecule has 0 heterocycles. The fourth-order valence-corrected chi connectivity index (χ4v) is 3.35. The van der Waals surface area contributed by atoms with Gasteiger partial charge in [0.05, 0.1) is 6.61 Å². The van der Waals surface area contributed by atoms with Gasteiger partial charge in [-0.3, -0.25) is 0 Å². The third-order valence-electron chi connectivity index (χ3n) is 4.40. The molecule has 3 aromatic carbocycles. The molecule has 0 unspecified atom stereocenters. The van der Waals surface area contributed by atoms with E-state index in [-0.39, 0.29) is 19.0 Å². The van der Waals surface area contributed by atoms with Crippen LogP contribution in [0.15, 0.2) is 78.9 Å². The van der Waals surface area contributed by atoms with Crippen LogP contribution in [0.5, 0.6) is 5.75 Å². The van der Waals surface area contributed by atoms with Crippen molar-refractivity contribution in [1.82, 2.24) is 0 Å². The zero-order valence-corrected chi connectivity index (χ0v) is 16.2. The van der Waals surface area contributed by atoms with Crippen LogP contribution >= 0.6 is 11.6 Å². The third kappa shape index (κ3) is 5.00. The van der Waals surface area contributed by atoms with Gasteiger partial charge in [-0.25, -0.2) is 4.39 Å². The first kappa shape index (κ1) is 20.1. The maximum absolute atomic E-state index is 13.5. The Bertz CT molecular complexity index is 904. The summed E-state index contributed by atoms with van der Waals surface area (Å²) in [6.07, 6.45) is 0.682. The van der Waals surface area contributed by atoms with E-state index in [2.05, 4.69) is 12.1 Å². The predicted molar refractivity (Wildman–Crippen MR) is 113 cm³/mol. The van der Waals surface area contributed by atoms with Gasteiger partial charge in [-0.05, 0) is 58.5 Å². The Labute approximate surface area is 169 Å². The summed E-state index contributed by atoms with van der Waals surface area (Å²) in [5.74, 6) is 0.899. The van der Waals surface area contributed by atoms with Gasteiger partial charge >= 0.3 is 0 Å². The van der Waals surface area contributed by atoms with Gasteiger partial charge in [-0.1, -0.05) is 54.6 Å². The van der Waals surface area contributed by atoms with Crippen LogP contribution in [0.25, 0.3) is 11.1 Å². The van der Waals surface area contributed by atoms with Gasteiger partial charge in [-0.2, -0.15) is 0 Å². The molecule has 0 aliphatic rings. The SMILES string of the molecule is OCCOc1ccc(/C(=C(/CCCl)c2ccccc2)c2ccc(F)cc2)cc1. The number of aliphatic hydroxyl groups is 1. The largest absolute Gasteiger partial charge is 0.491 e. The number of aliphatic hydroxyl groups excluding tert-OH is 1. The third-order valence-corrected chi connectivity index (χ3v) is 4.59. The highest BCUT2D eigenvalue weighted by atomic mass is 35.5. The molecule has 0 fully saturated rings. The molecule has 0 saturated heterocycles. The Morgan fingerprint density at radius 1 is 0.821 bits per heavy atom. The molecule has 1 N–H and O–H groups in total. The lowest BCUT2D eigenvalue weighted by atomic mass is 9.88. The first-order valence-corrected chi connectivity index (χ1v) is 9.71. The molecule has 0 bridgehead atoms.